The quantitative estimate of drug-likeness (QED) is 0.575. The number of ether oxygens (including phenoxy) is 1. The highest BCUT2D eigenvalue weighted by Gasteiger charge is 2.24. The van der Waals surface area contributed by atoms with Crippen molar-refractivity contribution in [1.82, 2.24) is 10.2 Å². The highest BCUT2D eigenvalue weighted by molar-refractivity contribution is 5.82. The van der Waals surface area contributed by atoms with Crippen LogP contribution < -0.4 is 5.32 Å². The van der Waals surface area contributed by atoms with E-state index in [1.54, 1.807) is 12.0 Å². The number of amides is 2. The van der Waals surface area contributed by atoms with Crippen LogP contribution in [0.4, 0.5) is 4.79 Å². The van der Waals surface area contributed by atoms with Crippen LogP contribution in [0.1, 0.15) is 52.9 Å². The van der Waals surface area contributed by atoms with E-state index in [2.05, 4.69) is 12.2 Å². The summed E-state index contributed by atoms with van der Waals surface area (Å²) < 4.78 is 4.92. The maximum absolute atomic E-state index is 12.3. The van der Waals surface area contributed by atoms with E-state index in [0.717, 1.165) is 19.3 Å². The summed E-state index contributed by atoms with van der Waals surface area (Å²) in [7, 11) is 1.57. The van der Waals surface area contributed by atoms with Crippen molar-refractivity contribution >= 4 is 12.0 Å². The summed E-state index contributed by atoms with van der Waals surface area (Å²) in [6.07, 6.45) is 3.73. The second kappa shape index (κ2) is 11.4. The summed E-state index contributed by atoms with van der Waals surface area (Å²) in [6, 6.07) is -1.05. The van der Waals surface area contributed by atoms with Gasteiger partial charge in [0.05, 0.1) is 0 Å². The van der Waals surface area contributed by atoms with E-state index < -0.39 is 12.0 Å². The van der Waals surface area contributed by atoms with Crippen LogP contribution in [0.15, 0.2) is 0 Å². The molecule has 0 saturated heterocycles. The first-order valence-corrected chi connectivity index (χ1v) is 7.76. The zero-order valence-electron chi connectivity index (χ0n) is 13.7. The molecule has 0 aromatic carbocycles. The molecule has 0 heterocycles. The number of carbonyl (C=O) groups excluding carboxylic acids is 1. The van der Waals surface area contributed by atoms with Crippen LogP contribution in [-0.4, -0.2) is 54.4 Å². The van der Waals surface area contributed by atoms with Crippen LogP contribution in [-0.2, 0) is 9.53 Å². The lowest BCUT2D eigenvalue weighted by Crippen LogP contribution is -2.51. The molecule has 0 saturated carbocycles. The third kappa shape index (κ3) is 7.90. The molecule has 2 atom stereocenters. The molecule has 2 amide bonds. The van der Waals surface area contributed by atoms with Gasteiger partial charge in [0.2, 0.25) is 0 Å². The van der Waals surface area contributed by atoms with E-state index in [4.69, 9.17) is 4.74 Å². The van der Waals surface area contributed by atoms with Crippen LogP contribution in [0.25, 0.3) is 0 Å². The number of carboxylic acid groups (broad SMARTS) is 1. The number of aliphatic carboxylic acids is 1. The fourth-order valence-electron chi connectivity index (χ4n) is 1.99. The molecule has 0 spiro atoms. The van der Waals surface area contributed by atoms with Gasteiger partial charge in [-0.15, -0.1) is 0 Å². The Morgan fingerprint density at radius 3 is 2.43 bits per heavy atom. The molecular formula is C15H30N2O4. The molecule has 0 radical (unpaired) electrons. The van der Waals surface area contributed by atoms with Crippen LogP contribution >= 0.6 is 0 Å². The summed E-state index contributed by atoms with van der Waals surface area (Å²) >= 11 is 0. The van der Waals surface area contributed by atoms with Crippen LogP contribution in [0.3, 0.4) is 0 Å². The molecule has 0 aliphatic carbocycles. The van der Waals surface area contributed by atoms with Crippen LogP contribution in [0, 0.1) is 0 Å². The first-order valence-electron chi connectivity index (χ1n) is 7.76. The monoisotopic (exact) mass is 302 g/mol. The predicted octanol–water partition coefficient (Wildman–Crippen LogP) is 2.48. The summed E-state index contributed by atoms with van der Waals surface area (Å²) in [5.74, 6) is -1.00. The second-order valence-corrected chi connectivity index (χ2v) is 5.28. The predicted molar refractivity (Wildman–Crippen MR) is 82.4 cm³/mol. The smallest absolute Gasteiger partial charge is 0.326 e. The summed E-state index contributed by atoms with van der Waals surface area (Å²) in [5.41, 5.74) is 0. The maximum atomic E-state index is 12.3. The Labute approximate surface area is 127 Å². The largest absolute Gasteiger partial charge is 0.480 e. The van der Waals surface area contributed by atoms with Gasteiger partial charge in [0, 0.05) is 26.3 Å². The Morgan fingerprint density at radius 2 is 1.95 bits per heavy atom. The third-order valence-corrected chi connectivity index (χ3v) is 3.57. The molecule has 6 nitrogen and oxygen atoms in total. The minimum absolute atomic E-state index is 0.102. The van der Waals surface area contributed by atoms with E-state index in [1.165, 1.54) is 0 Å². The zero-order chi connectivity index (χ0) is 16.3. The molecule has 0 aliphatic rings. The van der Waals surface area contributed by atoms with Crippen molar-refractivity contribution in [2.45, 2.75) is 65.0 Å². The van der Waals surface area contributed by atoms with Crippen molar-refractivity contribution in [2.75, 3.05) is 20.3 Å². The molecule has 0 bridgehead atoms. The van der Waals surface area contributed by atoms with E-state index in [0.29, 0.717) is 26.0 Å². The molecule has 0 rings (SSSR count). The van der Waals surface area contributed by atoms with Gasteiger partial charge in [-0.25, -0.2) is 9.59 Å². The Bertz CT molecular complexity index is 310. The van der Waals surface area contributed by atoms with Gasteiger partial charge in [-0.2, -0.15) is 0 Å². The summed E-state index contributed by atoms with van der Waals surface area (Å²) in [4.78, 5) is 25.3. The molecule has 21 heavy (non-hydrogen) atoms. The number of rotatable bonds is 11. The standard InChI is InChI=1S/C15H30N2O4/c1-5-7-10-17(12(3)6-2)15(20)16-13(14(18)19)9-8-11-21-4/h12-13H,5-11H2,1-4H3,(H,16,20)(H,18,19). The number of carboxylic acids is 1. The van der Waals surface area contributed by atoms with Gasteiger partial charge in [-0.3, -0.25) is 0 Å². The molecule has 2 N–H and O–H groups in total. The summed E-state index contributed by atoms with van der Waals surface area (Å²) in [6.45, 7) is 7.21. The van der Waals surface area contributed by atoms with E-state index in [1.807, 2.05) is 13.8 Å². The number of carbonyl (C=O) groups is 2. The molecule has 6 heteroatoms. The van der Waals surface area contributed by atoms with Crippen LogP contribution in [0.5, 0.6) is 0 Å². The molecule has 0 aromatic heterocycles. The Kier molecular flexibility index (Phi) is 10.7. The zero-order valence-corrected chi connectivity index (χ0v) is 13.7. The molecule has 2 unspecified atom stereocenters. The second-order valence-electron chi connectivity index (χ2n) is 5.28. The van der Waals surface area contributed by atoms with Gasteiger partial charge < -0.3 is 20.1 Å². The molecule has 0 fully saturated rings. The van der Waals surface area contributed by atoms with Crippen molar-refractivity contribution in [3.05, 3.63) is 0 Å². The number of hydrogen-bond acceptors (Lipinski definition) is 3. The summed E-state index contributed by atoms with van der Waals surface area (Å²) in [5, 5.41) is 11.8. The van der Waals surface area contributed by atoms with Crippen molar-refractivity contribution in [2.24, 2.45) is 0 Å². The average Bonchev–Trinajstić information content (AvgIpc) is 2.46. The number of urea groups is 1. The van der Waals surface area contributed by atoms with E-state index in [-0.39, 0.29) is 12.1 Å². The third-order valence-electron chi connectivity index (χ3n) is 3.57. The van der Waals surface area contributed by atoms with Crippen LogP contribution in [0.2, 0.25) is 0 Å². The lowest BCUT2D eigenvalue weighted by molar-refractivity contribution is -0.139. The van der Waals surface area contributed by atoms with Gasteiger partial charge in [-0.05, 0) is 32.6 Å². The first kappa shape index (κ1) is 19.7. The SMILES string of the molecule is CCCCN(C(=O)NC(CCCOC)C(=O)O)C(C)CC. The average molecular weight is 302 g/mol. The minimum atomic E-state index is -1.00. The lowest BCUT2D eigenvalue weighted by Gasteiger charge is -2.30. The molecular weight excluding hydrogens is 272 g/mol. The number of nitrogens with one attached hydrogen (secondary N) is 1. The fourth-order valence-corrected chi connectivity index (χ4v) is 1.99. The fraction of sp³-hybridized carbons (Fsp3) is 0.867. The minimum Gasteiger partial charge on any atom is -0.480 e. The van der Waals surface area contributed by atoms with Gasteiger partial charge in [0.1, 0.15) is 6.04 Å². The first-order chi connectivity index (χ1) is 9.97. The van der Waals surface area contributed by atoms with E-state index >= 15 is 0 Å². The van der Waals surface area contributed by atoms with Crippen molar-refractivity contribution in [1.29, 1.82) is 0 Å². The maximum Gasteiger partial charge on any atom is 0.326 e. The highest BCUT2D eigenvalue weighted by Crippen LogP contribution is 2.08. The lowest BCUT2D eigenvalue weighted by atomic mass is 10.1. The van der Waals surface area contributed by atoms with E-state index in [9.17, 15) is 14.7 Å². The molecule has 0 aromatic rings. The number of hydrogen-bond donors (Lipinski definition) is 2. The van der Waals surface area contributed by atoms with Crippen molar-refractivity contribution in [3.63, 3.8) is 0 Å². The van der Waals surface area contributed by atoms with Gasteiger partial charge in [0.25, 0.3) is 0 Å². The van der Waals surface area contributed by atoms with Crippen molar-refractivity contribution in [3.8, 4) is 0 Å². The Hall–Kier alpha value is -1.30. The van der Waals surface area contributed by atoms with Gasteiger partial charge in [0.15, 0.2) is 0 Å². The van der Waals surface area contributed by atoms with Gasteiger partial charge >= 0.3 is 12.0 Å². The topological polar surface area (TPSA) is 78.9 Å². The van der Waals surface area contributed by atoms with Gasteiger partial charge in [-0.1, -0.05) is 20.3 Å². The number of methoxy groups -OCH3 is 1. The normalized spacial score (nSPS) is 13.5. The van der Waals surface area contributed by atoms with Crippen molar-refractivity contribution < 1.29 is 19.4 Å². The number of nitrogens with zero attached hydrogens (tertiary/aromatic N) is 1. The number of unbranched alkanes of at least 4 members (excludes halogenated alkanes) is 1. The molecule has 124 valence electrons. The molecule has 0 aliphatic heterocycles. The Balaban J connectivity index is 4.61. The Morgan fingerprint density at radius 1 is 1.29 bits per heavy atom. The highest BCUT2D eigenvalue weighted by atomic mass is 16.5.